The van der Waals surface area contributed by atoms with Crippen LogP contribution in [0.5, 0.6) is 0 Å². The van der Waals surface area contributed by atoms with Gasteiger partial charge in [-0.15, -0.1) is 0 Å². The molecule has 1 saturated heterocycles. The summed E-state index contributed by atoms with van der Waals surface area (Å²) in [6, 6.07) is -0.432. The summed E-state index contributed by atoms with van der Waals surface area (Å²) in [7, 11) is 1.76. The predicted molar refractivity (Wildman–Crippen MR) is 75.1 cm³/mol. The number of hydrogen-bond donors (Lipinski definition) is 3. The van der Waals surface area contributed by atoms with Gasteiger partial charge in [0.1, 0.15) is 0 Å². The number of urea groups is 1. The van der Waals surface area contributed by atoms with Gasteiger partial charge in [0.15, 0.2) is 0 Å². The van der Waals surface area contributed by atoms with E-state index in [1.807, 2.05) is 0 Å². The van der Waals surface area contributed by atoms with Gasteiger partial charge < -0.3 is 20.5 Å². The Bertz CT molecular complexity index is 534. The van der Waals surface area contributed by atoms with Crippen molar-refractivity contribution in [2.75, 3.05) is 25.1 Å². The normalized spacial score (nSPS) is 17.2. The second kappa shape index (κ2) is 6.13. The van der Waals surface area contributed by atoms with Crippen molar-refractivity contribution in [2.24, 2.45) is 12.5 Å². The number of aryl methyl sites for hydroxylation is 2. The Morgan fingerprint density at radius 1 is 1.48 bits per heavy atom. The van der Waals surface area contributed by atoms with Crippen molar-refractivity contribution in [3.05, 3.63) is 11.9 Å². The van der Waals surface area contributed by atoms with Crippen LogP contribution in [0, 0.1) is 12.3 Å². The smallest absolute Gasteiger partial charge is 0.319 e. The summed E-state index contributed by atoms with van der Waals surface area (Å²) < 4.78 is 6.79. The fraction of sp³-hybridized carbons (Fsp3) is 0.615. The Morgan fingerprint density at radius 2 is 2.14 bits per heavy atom. The van der Waals surface area contributed by atoms with Gasteiger partial charge in [0.05, 0.1) is 16.8 Å². The molecule has 0 aliphatic carbocycles. The molecule has 21 heavy (non-hydrogen) atoms. The summed E-state index contributed by atoms with van der Waals surface area (Å²) in [4.78, 5) is 23.4. The molecular weight excluding hydrogens is 276 g/mol. The number of rotatable bonds is 4. The molecule has 2 rings (SSSR count). The highest BCUT2D eigenvalue weighted by atomic mass is 16.5. The Hall–Kier alpha value is -2.09. The van der Waals surface area contributed by atoms with Crippen LogP contribution in [0.25, 0.3) is 0 Å². The zero-order valence-corrected chi connectivity index (χ0v) is 12.2. The largest absolute Gasteiger partial charge is 0.481 e. The van der Waals surface area contributed by atoms with Crippen molar-refractivity contribution in [1.82, 2.24) is 15.1 Å². The first-order valence-corrected chi connectivity index (χ1v) is 6.79. The molecule has 0 atom stereocenters. The molecule has 2 heterocycles. The monoisotopic (exact) mass is 296 g/mol. The number of nitrogens with zero attached hydrogens (tertiary/aromatic N) is 2. The van der Waals surface area contributed by atoms with Gasteiger partial charge in [-0.2, -0.15) is 5.10 Å². The van der Waals surface area contributed by atoms with Crippen LogP contribution in [-0.2, 0) is 16.6 Å². The van der Waals surface area contributed by atoms with E-state index in [2.05, 4.69) is 15.7 Å². The molecule has 0 radical (unpaired) electrons. The topological polar surface area (TPSA) is 105 Å². The molecule has 0 unspecified atom stereocenters. The van der Waals surface area contributed by atoms with Crippen molar-refractivity contribution in [2.45, 2.75) is 19.8 Å². The fourth-order valence-electron chi connectivity index (χ4n) is 2.37. The van der Waals surface area contributed by atoms with Crippen LogP contribution in [0.15, 0.2) is 6.20 Å². The van der Waals surface area contributed by atoms with E-state index >= 15 is 0 Å². The molecule has 2 amide bonds. The number of carboxylic acids is 1. The second-order valence-electron chi connectivity index (χ2n) is 5.31. The van der Waals surface area contributed by atoms with Gasteiger partial charge in [-0.05, 0) is 19.8 Å². The van der Waals surface area contributed by atoms with Gasteiger partial charge in [0.25, 0.3) is 0 Å². The van der Waals surface area contributed by atoms with Crippen LogP contribution in [0.4, 0.5) is 10.5 Å². The number of anilines is 1. The summed E-state index contributed by atoms with van der Waals surface area (Å²) >= 11 is 0. The average Bonchev–Trinajstić information content (AvgIpc) is 2.75. The third-order valence-corrected chi connectivity index (χ3v) is 3.75. The maximum Gasteiger partial charge on any atom is 0.319 e. The highest BCUT2D eigenvalue weighted by Gasteiger charge is 2.40. The van der Waals surface area contributed by atoms with Gasteiger partial charge in [-0.25, -0.2) is 4.79 Å². The molecule has 1 aliphatic rings. The highest BCUT2D eigenvalue weighted by molar-refractivity contribution is 5.90. The van der Waals surface area contributed by atoms with E-state index in [0.717, 1.165) is 0 Å². The van der Waals surface area contributed by atoms with Gasteiger partial charge in [0.2, 0.25) is 0 Å². The second-order valence-corrected chi connectivity index (χ2v) is 5.31. The SMILES string of the molecule is Cc1nn(C)cc1NC(=O)NCC1(C(=O)O)CCOCC1. The third-order valence-electron chi connectivity index (χ3n) is 3.75. The fourth-order valence-corrected chi connectivity index (χ4v) is 2.37. The van der Waals surface area contributed by atoms with Crippen LogP contribution in [0.1, 0.15) is 18.5 Å². The van der Waals surface area contributed by atoms with Crippen molar-refractivity contribution in [1.29, 1.82) is 0 Å². The number of carbonyl (C=O) groups excluding carboxylic acids is 1. The van der Waals surface area contributed by atoms with Gasteiger partial charge >= 0.3 is 12.0 Å². The first-order chi connectivity index (χ1) is 9.93. The Morgan fingerprint density at radius 3 is 2.67 bits per heavy atom. The lowest BCUT2D eigenvalue weighted by Crippen LogP contribution is -2.47. The van der Waals surface area contributed by atoms with Crippen LogP contribution in [-0.4, -0.2) is 46.6 Å². The molecule has 0 spiro atoms. The maximum atomic E-state index is 11.9. The molecule has 1 aliphatic heterocycles. The predicted octanol–water partition coefficient (Wildman–Crippen LogP) is 0.731. The van der Waals surface area contributed by atoms with Gasteiger partial charge in [-0.3, -0.25) is 9.48 Å². The zero-order valence-electron chi connectivity index (χ0n) is 12.2. The molecule has 0 saturated carbocycles. The highest BCUT2D eigenvalue weighted by Crippen LogP contribution is 2.30. The van der Waals surface area contributed by atoms with Crippen molar-refractivity contribution >= 4 is 17.7 Å². The quantitative estimate of drug-likeness (QED) is 0.759. The molecule has 0 bridgehead atoms. The number of aliphatic carboxylic acids is 1. The van der Waals surface area contributed by atoms with Crippen LogP contribution in [0.3, 0.4) is 0 Å². The molecule has 8 nitrogen and oxygen atoms in total. The van der Waals surface area contributed by atoms with E-state index in [1.54, 1.807) is 24.9 Å². The average molecular weight is 296 g/mol. The Kier molecular flexibility index (Phi) is 4.46. The molecule has 1 aromatic rings. The molecule has 1 fully saturated rings. The molecular formula is C13H20N4O4. The van der Waals surface area contributed by atoms with Crippen molar-refractivity contribution < 1.29 is 19.4 Å². The van der Waals surface area contributed by atoms with E-state index in [1.165, 1.54) is 0 Å². The first-order valence-electron chi connectivity index (χ1n) is 6.79. The summed E-state index contributed by atoms with van der Waals surface area (Å²) in [5.74, 6) is -0.899. The Balaban J connectivity index is 1.93. The minimum Gasteiger partial charge on any atom is -0.481 e. The van der Waals surface area contributed by atoms with Crippen LogP contribution >= 0.6 is 0 Å². The number of aromatic nitrogens is 2. The lowest BCUT2D eigenvalue weighted by Gasteiger charge is -2.33. The summed E-state index contributed by atoms with van der Waals surface area (Å²) in [6.45, 7) is 2.66. The molecule has 0 aromatic carbocycles. The number of amides is 2. The van der Waals surface area contributed by atoms with Gasteiger partial charge in [-0.1, -0.05) is 0 Å². The Labute approximate surface area is 122 Å². The van der Waals surface area contributed by atoms with E-state index in [0.29, 0.717) is 37.4 Å². The molecule has 1 aromatic heterocycles. The number of carboxylic acid groups (broad SMARTS) is 1. The first kappa shape index (κ1) is 15.3. The summed E-state index contributed by atoms with van der Waals surface area (Å²) in [5.41, 5.74) is 0.359. The number of nitrogens with one attached hydrogen (secondary N) is 2. The summed E-state index contributed by atoms with van der Waals surface area (Å²) in [5, 5.41) is 18.8. The van der Waals surface area contributed by atoms with Crippen LogP contribution < -0.4 is 10.6 Å². The molecule has 116 valence electrons. The number of hydrogen-bond acceptors (Lipinski definition) is 4. The minimum absolute atomic E-state index is 0.0802. The molecule has 3 N–H and O–H groups in total. The lowest BCUT2D eigenvalue weighted by molar-refractivity contribution is -0.154. The van der Waals surface area contributed by atoms with Gasteiger partial charge in [0, 0.05) is 33.0 Å². The minimum atomic E-state index is -0.945. The van der Waals surface area contributed by atoms with Crippen molar-refractivity contribution in [3.8, 4) is 0 Å². The molecule has 8 heteroatoms. The summed E-state index contributed by atoms with van der Waals surface area (Å²) in [6.07, 6.45) is 2.49. The van der Waals surface area contributed by atoms with E-state index < -0.39 is 17.4 Å². The maximum absolute atomic E-state index is 11.9. The van der Waals surface area contributed by atoms with Crippen molar-refractivity contribution in [3.63, 3.8) is 0 Å². The lowest BCUT2D eigenvalue weighted by atomic mass is 9.80. The number of ether oxygens (including phenoxy) is 1. The van der Waals surface area contributed by atoms with E-state index in [9.17, 15) is 14.7 Å². The number of carbonyl (C=O) groups is 2. The van der Waals surface area contributed by atoms with Crippen LogP contribution in [0.2, 0.25) is 0 Å². The van der Waals surface area contributed by atoms with E-state index in [4.69, 9.17) is 4.74 Å². The van der Waals surface area contributed by atoms with E-state index in [-0.39, 0.29) is 6.54 Å². The third kappa shape index (κ3) is 3.52. The standard InChI is InChI=1S/C13H20N4O4/c1-9-10(7-17(2)16-9)15-12(20)14-8-13(11(18)19)3-5-21-6-4-13/h7H,3-6,8H2,1-2H3,(H,18,19)(H2,14,15,20). The zero-order chi connectivity index (χ0) is 15.5.